The zero-order valence-corrected chi connectivity index (χ0v) is 65.7. The van der Waals surface area contributed by atoms with Gasteiger partial charge in [-0.1, -0.05) is 0 Å². The highest BCUT2D eigenvalue weighted by Crippen LogP contribution is 2.13. The number of carbonyl (C=O) groups excluding carboxylic acids is 5. The van der Waals surface area contributed by atoms with Crippen molar-refractivity contribution in [1.29, 1.82) is 0 Å². The summed E-state index contributed by atoms with van der Waals surface area (Å²) in [5.74, 6) is -3.60. The molecule has 1 aliphatic heterocycles. The van der Waals surface area contributed by atoms with Gasteiger partial charge in [-0.2, -0.15) is 0 Å². The SMILES string of the molecule is CS(=O)(=O)SCC(=O)NCCOCCOCCOCCOCCOCCOCCOCCOCCOCCOCCOCCOCCC(=O)O.CS(=O)(=O)SCC(=O)NCCOCCOCCOCCOCCOCCOCCOCCOCCOCCOCCOCCOCCC(=O)ON1C(=O)CCC1=O. The molecule has 3 N–H and O–H groups in total. The third-order valence-corrected chi connectivity index (χ3v) is 17.1. The van der Waals surface area contributed by atoms with E-state index in [4.69, 9.17) is 124 Å². The van der Waals surface area contributed by atoms with Crippen LogP contribution in [0.15, 0.2) is 0 Å². The van der Waals surface area contributed by atoms with Crippen LogP contribution in [0, 0.1) is 0 Å². The molecule has 0 radical (unpaired) electrons. The molecular formula is C64H121N3O36S4. The molecule has 4 amide bonds. The van der Waals surface area contributed by atoms with E-state index in [9.17, 15) is 45.6 Å². The first kappa shape index (κ1) is 104. The van der Waals surface area contributed by atoms with E-state index in [1.165, 1.54) is 0 Å². The zero-order chi connectivity index (χ0) is 78.1. The summed E-state index contributed by atoms with van der Waals surface area (Å²) in [5.41, 5.74) is 0. The van der Waals surface area contributed by atoms with Crippen molar-refractivity contribution in [1.82, 2.24) is 15.7 Å². The number of rotatable bonds is 85. The molecule has 0 spiro atoms. The van der Waals surface area contributed by atoms with Crippen LogP contribution in [-0.4, -0.2) is 417 Å². The third-order valence-electron chi connectivity index (χ3n) is 12.2. The summed E-state index contributed by atoms with van der Waals surface area (Å²) >= 11 is 0. The first-order valence-corrected chi connectivity index (χ1v) is 42.1. The summed E-state index contributed by atoms with van der Waals surface area (Å²) < 4.78 is 174. The quantitative estimate of drug-likeness (QED) is 0.0353. The maximum atomic E-state index is 11.7. The van der Waals surface area contributed by atoms with Crippen molar-refractivity contribution in [3.63, 3.8) is 0 Å². The van der Waals surface area contributed by atoms with E-state index in [1.54, 1.807) is 0 Å². The second-order valence-corrected chi connectivity index (χ2v) is 30.2. The summed E-state index contributed by atoms with van der Waals surface area (Å²) in [6.07, 6.45) is 2.13. The highest BCUT2D eigenvalue weighted by atomic mass is 33.1. The number of nitrogens with one attached hydrogen (secondary N) is 2. The summed E-state index contributed by atoms with van der Waals surface area (Å²) in [6.45, 7) is 20.5. The van der Waals surface area contributed by atoms with Gasteiger partial charge in [0.25, 0.3) is 11.8 Å². The van der Waals surface area contributed by atoms with E-state index >= 15 is 0 Å². The van der Waals surface area contributed by atoms with E-state index < -0.39 is 41.5 Å². The van der Waals surface area contributed by atoms with E-state index in [0.29, 0.717) is 337 Å². The molecule has 632 valence electrons. The molecule has 0 bridgehead atoms. The standard InChI is InChI=1S/C34H62N2O19S2.C30H59NO17S2/c1-57(41,42)56-30-31(37)35-5-7-44-9-11-46-13-15-48-17-19-50-21-23-52-25-27-54-29-28-53-26-24-51-22-20-49-18-16-47-14-12-45-10-8-43-6-4-34(40)55-36-32(38)2-3-33(36)39;1-50(35,36)49-28-29(32)31-3-5-38-7-9-40-11-13-42-15-17-44-19-21-46-23-25-48-27-26-47-24-22-45-20-18-43-16-14-41-12-10-39-8-6-37-4-2-30(33)34/h2-30H2,1H3,(H,35,37);2-28H2,1H3,(H,31,32)(H,33,34). The lowest BCUT2D eigenvalue weighted by Crippen LogP contribution is -2.32. The Kier molecular flexibility index (Phi) is 78.2. The van der Waals surface area contributed by atoms with Gasteiger partial charge in [-0.25, -0.2) is 21.6 Å². The summed E-state index contributed by atoms with van der Waals surface area (Å²) in [7, 11) is -5.28. The maximum Gasteiger partial charge on any atom is 0.335 e. The van der Waals surface area contributed by atoms with Gasteiger partial charge in [-0.15, -0.1) is 5.06 Å². The van der Waals surface area contributed by atoms with Gasteiger partial charge in [0.05, 0.1) is 341 Å². The number of hydrogen-bond acceptors (Lipinski definition) is 37. The normalized spacial score (nSPS) is 12.5. The monoisotopic (exact) mass is 1640 g/mol. The van der Waals surface area contributed by atoms with Crippen LogP contribution >= 0.6 is 21.6 Å². The minimum Gasteiger partial charge on any atom is -0.481 e. The number of hydroxylamine groups is 2. The van der Waals surface area contributed by atoms with E-state index in [2.05, 4.69) is 10.6 Å². The minimum absolute atomic E-state index is 0.0104. The van der Waals surface area contributed by atoms with Crippen molar-refractivity contribution in [2.75, 3.05) is 354 Å². The van der Waals surface area contributed by atoms with Crippen LogP contribution in [0.3, 0.4) is 0 Å². The second kappa shape index (κ2) is 80.7. The predicted octanol–water partition coefficient (Wildman–Crippen LogP) is -1.54. The molecule has 107 heavy (non-hydrogen) atoms. The molecule has 0 aromatic rings. The molecule has 0 atom stereocenters. The van der Waals surface area contributed by atoms with Crippen molar-refractivity contribution < 1.29 is 169 Å². The number of aliphatic carboxylic acids is 1. The van der Waals surface area contributed by atoms with Gasteiger partial charge in [-0.05, 0) is 21.6 Å². The third kappa shape index (κ3) is 86.5. The molecule has 0 aromatic heterocycles. The molecule has 1 rings (SSSR count). The summed E-state index contributed by atoms with van der Waals surface area (Å²) in [4.78, 5) is 72.5. The molecule has 1 saturated heterocycles. The van der Waals surface area contributed by atoms with Gasteiger partial charge in [0.2, 0.25) is 11.8 Å². The Morgan fingerprint density at radius 2 is 0.467 bits per heavy atom. The molecule has 1 heterocycles. The number of ether oxygens (including phenoxy) is 24. The Morgan fingerprint density at radius 1 is 0.299 bits per heavy atom. The number of nitrogens with zero attached hydrogens (tertiary/aromatic N) is 1. The molecule has 39 nitrogen and oxygen atoms in total. The lowest BCUT2D eigenvalue weighted by molar-refractivity contribution is -0.198. The van der Waals surface area contributed by atoms with Crippen LogP contribution in [0.4, 0.5) is 0 Å². The maximum absolute atomic E-state index is 11.7. The number of imide groups is 1. The van der Waals surface area contributed by atoms with Crippen LogP contribution in [0.5, 0.6) is 0 Å². The number of hydrogen-bond donors (Lipinski definition) is 3. The number of carboxylic acid groups (broad SMARTS) is 1. The topological polar surface area (TPSA) is 449 Å². The summed E-state index contributed by atoms with van der Waals surface area (Å²) in [5, 5.41) is 14.2. The fraction of sp³-hybridized carbons (Fsp3) is 0.906. The van der Waals surface area contributed by atoms with Crippen LogP contribution in [0.2, 0.25) is 0 Å². The van der Waals surface area contributed by atoms with Crippen molar-refractivity contribution in [2.24, 2.45) is 0 Å². The fourth-order valence-corrected chi connectivity index (χ4v) is 9.88. The van der Waals surface area contributed by atoms with Crippen molar-refractivity contribution in [3.8, 4) is 0 Å². The highest BCUT2D eigenvalue weighted by molar-refractivity contribution is 8.72. The van der Waals surface area contributed by atoms with Gasteiger partial charge in [0.1, 0.15) is 0 Å². The first-order chi connectivity index (χ1) is 52.0. The van der Waals surface area contributed by atoms with Gasteiger partial charge < -0.3 is 134 Å². The van der Waals surface area contributed by atoms with Gasteiger partial charge >= 0.3 is 11.9 Å². The Morgan fingerprint density at radius 3 is 0.645 bits per heavy atom. The van der Waals surface area contributed by atoms with Gasteiger partial charge in [0.15, 0.2) is 17.7 Å². The average molecular weight is 1640 g/mol. The van der Waals surface area contributed by atoms with Crippen LogP contribution in [0.25, 0.3) is 0 Å². The number of carboxylic acids is 1. The predicted molar refractivity (Wildman–Crippen MR) is 384 cm³/mol. The van der Waals surface area contributed by atoms with E-state index in [1.807, 2.05) is 0 Å². The minimum atomic E-state index is -3.23. The van der Waals surface area contributed by atoms with Crippen molar-refractivity contribution in [3.05, 3.63) is 0 Å². The Bertz CT molecular complexity index is 2280. The molecular weight excluding hydrogens is 1510 g/mol. The van der Waals surface area contributed by atoms with Crippen molar-refractivity contribution in [2.45, 2.75) is 25.7 Å². The Hall–Kier alpha value is -3.34. The zero-order valence-electron chi connectivity index (χ0n) is 62.4. The lowest BCUT2D eigenvalue weighted by atomic mass is 10.4. The summed E-state index contributed by atoms with van der Waals surface area (Å²) in [6, 6.07) is 0. The first-order valence-electron chi connectivity index (χ1n) is 35.4. The molecule has 0 saturated carbocycles. The van der Waals surface area contributed by atoms with Gasteiger partial charge in [-0.3, -0.25) is 24.0 Å². The van der Waals surface area contributed by atoms with Crippen molar-refractivity contribution >= 4 is 74.9 Å². The molecule has 43 heteroatoms. The van der Waals surface area contributed by atoms with E-state index in [0.717, 1.165) is 12.5 Å². The second-order valence-electron chi connectivity index (χ2n) is 21.3. The van der Waals surface area contributed by atoms with Gasteiger partial charge in [0, 0.05) is 38.4 Å². The van der Waals surface area contributed by atoms with Crippen LogP contribution in [0.1, 0.15) is 25.7 Å². The Labute approximate surface area is 636 Å². The molecule has 0 aliphatic carbocycles. The molecule has 0 aromatic carbocycles. The number of amides is 4. The van der Waals surface area contributed by atoms with E-state index in [-0.39, 0.29) is 68.8 Å². The van der Waals surface area contributed by atoms with Crippen LogP contribution < -0.4 is 10.6 Å². The fourth-order valence-electron chi connectivity index (χ4n) is 7.11. The lowest BCUT2D eigenvalue weighted by Gasteiger charge is -2.12. The van der Waals surface area contributed by atoms with Crippen LogP contribution in [-0.2, 0) is 165 Å². The smallest absolute Gasteiger partial charge is 0.335 e. The highest BCUT2D eigenvalue weighted by Gasteiger charge is 2.32. The Balaban J connectivity index is 0.00000212. The number of carbonyl (C=O) groups is 6. The molecule has 1 fully saturated rings. The average Bonchev–Trinajstić information content (AvgIpc) is 1.73. The molecule has 1 aliphatic rings. The molecule has 0 unspecified atom stereocenters. The largest absolute Gasteiger partial charge is 0.481 e.